The van der Waals surface area contributed by atoms with Crippen LogP contribution in [0, 0.1) is 12.8 Å². The Hall–Kier alpha value is -1.11. The maximum Gasteiger partial charge on any atom is 0.228 e. The Morgan fingerprint density at radius 1 is 1.45 bits per heavy atom. The third-order valence-electron chi connectivity index (χ3n) is 3.97. The third-order valence-corrected chi connectivity index (χ3v) is 6.05. The van der Waals surface area contributed by atoms with Crippen LogP contribution in [0.4, 0.5) is 5.69 Å². The normalized spacial score (nSPS) is 19.9. The number of carbonyl (C=O) groups excluding carboxylic acids is 1. The van der Waals surface area contributed by atoms with E-state index in [0.29, 0.717) is 30.1 Å². The number of anilines is 1. The molecule has 5 nitrogen and oxygen atoms in total. The van der Waals surface area contributed by atoms with Gasteiger partial charge in [0.05, 0.1) is 11.7 Å². The molecule has 1 heterocycles. The van der Waals surface area contributed by atoms with E-state index in [1.165, 1.54) is 4.31 Å². The third kappa shape index (κ3) is 4.00. The molecule has 0 saturated carbocycles. The predicted molar refractivity (Wildman–Crippen MR) is 88.6 cm³/mol. The molecule has 0 aliphatic carbocycles. The van der Waals surface area contributed by atoms with Gasteiger partial charge in [0.1, 0.15) is 0 Å². The zero-order valence-corrected chi connectivity index (χ0v) is 14.4. The SMILES string of the molecule is CCS(=O)(=O)N1CCC[C@@H](C(=O)Nc2cc(Cl)ccc2C)C1. The molecule has 0 bridgehead atoms. The molecule has 0 spiro atoms. The van der Waals surface area contributed by atoms with Crippen LogP contribution in [0.15, 0.2) is 18.2 Å². The summed E-state index contributed by atoms with van der Waals surface area (Å²) in [5.41, 5.74) is 1.60. The Balaban J connectivity index is 2.08. The molecule has 1 aromatic carbocycles. The lowest BCUT2D eigenvalue weighted by Crippen LogP contribution is -2.44. The maximum absolute atomic E-state index is 12.4. The molecule has 0 radical (unpaired) electrons. The van der Waals surface area contributed by atoms with Gasteiger partial charge in [-0.15, -0.1) is 0 Å². The molecule has 1 fully saturated rings. The molecule has 22 heavy (non-hydrogen) atoms. The van der Waals surface area contributed by atoms with E-state index in [-0.39, 0.29) is 24.1 Å². The molecule has 1 aliphatic rings. The van der Waals surface area contributed by atoms with Crippen molar-refractivity contribution in [2.24, 2.45) is 5.92 Å². The summed E-state index contributed by atoms with van der Waals surface area (Å²) in [5.74, 6) is -0.413. The number of aryl methyl sites for hydroxylation is 1. The second-order valence-corrected chi connectivity index (χ2v) is 8.24. The maximum atomic E-state index is 12.4. The molecule has 1 aliphatic heterocycles. The highest BCUT2D eigenvalue weighted by Gasteiger charge is 2.31. The van der Waals surface area contributed by atoms with Crippen molar-refractivity contribution in [1.29, 1.82) is 0 Å². The molecule has 0 unspecified atom stereocenters. The van der Waals surface area contributed by atoms with E-state index in [4.69, 9.17) is 11.6 Å². The first-order chi connectivity index (χ1) is 10.3. The Kier molecular flexibility index (Phi) is 5.47. The van der Waals surface area contributed by atoms with Crippen LogP contribution in [0.25, 0.3) is 0 Å². The first-order valence-corrected chi connectivity index (χ1v) is 9.37. The minimum absolute atomic E-state index is 0.0642. The van der Waals surface area contributed by atoms with Crippen LogP contribution in [0.1, 0.15) is 25.3 Å². The minimum atomic E-state index is -3.24. The van der Waals surface area contributed by atoms with Crippen LogP contribution in [0.5, 0.6) is 0 Å². The van der Waals surface area contributed by atoms with E-state index in [9.17, 15) is 13.2 Å². The van der Waals surface area contributed by atoms with Crippen molar-refractivity contribution in [2.75, 3.05) is 24.2 Å². The number of halogens is 1. The quantitative estimate of drug-likeness (QED) is 0.913. The summed E-state index contributed by atoms with van der Waals surface area (Å²) in [7, 11) is -3.24. The fourth-order valence-corrected chi connectivity index (χ4v) is 3.91. The topological polar surface area (TPSA) is 66.5 Å². The van der Waals surface area contributed by atoms with Gasteiger partial charge in [0.15, 0.2) is 0 Å². The summed E-state index contributed by atoms with van der Waals surface area (Å²) in [6.07, 6.45) is 1.40. The lowest BCUT2D eigenvalue weighted by Gasteiger charge is -2.31. The van der Waals surface area contributed by atoms with Gasteiger partial charge >= 0.3 is 0 Å². The van der Waals surface area contributed by atoms with Crippen LogP contribution >= 0.6 is 11.6 Å². The largest absolute Gasteiger partial charge is 0.326 e. The number of benzene rings is 1. The predicted octanol–water partition coefficient (Wildman–Crippen LogP) is 2.65. The Morgan fingerprint density at radius 3 is 2.86 bits per heavy atom. The zero-order valence-electron chi connectivity index (χ0n) is 12.8. The van der Waals surface area contributed by atoms with Gasteiger partial charge in [-0.25, -0.2) is 12.7 Å². The van der Waals surface area contributed by atoms with Gasteiger partial charge < -0.3 is 5.32 Å². The monoisotopic (exact) mass is 344 g/mol. The fourth-order valence-electron chi connectivity index (χ4n) is 2.56. The molecule has 1 aromatic rings. The van der Waals surface area contributed by atoms with Gasteiger partial charge in [-0.05, 0) is 44.4 Å². The number of sulfonamides is 1. The molecule has 1 N–H and O–H groups in total. The van der Waals surface area contributed by atoms with E-state index < -0.39 is 10.0 Å². The zero-order chi connectivity index (χ0) is 16.3. The second kappa shape index (κ2) is 6.98. The summed E-state index contributed by atoms with van der Waals surface area (Å²) in [6.45, 7) is 4.26. The summed E-state index contributed by atoms with van der Waals surface area (Å²) in [4.78, 5) is 12.4. The van der Waals surface area contributed by atoms with Crippen molar-refractivity contribution in [3.63, 3.8) is 0 Å². The molecule has 122 valence electrons. The molecule has 1 atom stereocenters. The van der Waals surface area contributed by atoms with E-state index in [0.717, 1.165) is 5.56 Å². The summed E-state index contributed by atoms with van der Waals surface area (Å²) < 4.78 is 25.3. The lowest BCUT2D eigenvalue weighted by molar-refractivity contribution is -0.120. The fraction of sp³-hybridized carbons (Fsp3) is 0.533. The van der Waals surface area contributed by atoms with E-state index in [1.807, 2.05) is 13.0 Å². The number of hydrogen-bond acceptors (Lipinski definition) is 3. The number of amides is 1. The summed E-state index contributed by atoms with van der Waals surface area (Å²) in [5, 5.41) is 3.42. The highest BCUT2D eigenvalue weighted by atomic mass is 35.5. The number of nitrogens with one attached hydrogen (secondary N) is 1. The Bertz CT molecular complexity index is 661. The number of rotatable bonds is 4. The van der Waals surface area contributed by atoms with Gasteiger partial charge in [0, 0.05) is 23.8 Å². The van der Waals surface area contributed by atoms with Crippen molar-refractivity contribution in [3.05, 3.63) is 28.8 Å². The molecule has 0 aromatic heterocycles. The molecule has 1 saturated heterocycles. The summed E-state index contributed by atoms with van der Waals surface area (Å²) >= 11 is 5.95. The van der Waals surface area contributed by atoms with Crippen LogP contribution in [-0.2, 0) is 14.8 Å². The smallest absolute Gasteiger partial charge is 0.228 e. The first kappa shape index (κ1) is 17.2. The van der Waals surface area contributed by atoms with Crippen LogP contribution in [0.2, 0.25) is 5.02 Å². The Morgan fingerprint density at radius 2 is 2.18 bits per heavy atom. The molecule has 2 rings (SSSR count). The van der Waals surface area contributed by atoms with E-state index in [2.05, 4.69) is 5.32 Å². The van der Waals surface area contributed by atoms with Crippen molar-refractivity contribution in [2.45, 2.75) is 26.7 Å². The molecular weight excluding hydrogens is 324 g/mol. The minimum Gasteiger partial charge on any atom is -0.326 e. The number of piperidine rings is 1. The highest BCUT2D eigenvalue weighted by Crippen LogP contribution is 2.24. The molecule has 1 amide bonds. The first-order valence-electron chi connectivity index (χ1n) is 7.38. The molecular formula is C15H21ClN2O3S. The lowest BCUT2D eigenvalue weighted by atomic mass is 9.98. The van der Waals surface area contributed by atoms with Gasteiger partial charge in [-0.1, -0.05) is 17.7 Å². The van der Waals surface area contributed by atoms with Crippen molar-refractivity contribution >= 4 is 33.2 Å². The number of nitrogens with zero attached hydrogens (tertiary/aromatic N) is 1. The van der Waals surface area contributed by atoms with Gasteiger partial charge in [0.2, 0.25) is 15.9 Å². The van der Waals surface area contributed by atoms with E-state index in [1.54, 1.807) is 19.1 Å². The Labute approximate surface area is 136 Å². The number of carbonyl (C=O) groups is 1. The summed E-state index contributed by atoms with van der Waals surface area (Å²) in [6, 6.07) is 5.31. The van der Waals surface area contributed by atoms with Crippen molar-refractivity contribution < 1.29 is 13.2 Å². The van der Waals surface area contributed by atoms with Gasteiger partial charge in [0.25, 0.3) is 0 Å². The van der Waals surface area contributed by atoms with Crippen molar-refractivity contribution in [1.82, 2.24) is 4.31 Å². The van der Waals surface area contributed by atoms with Gasteiger partial charge in [-0.2, -0.15) is 0 Å². The highest BCUT2D eigenvalue weighted by molar-refractivity contribution is 7.89. The van der Waals surface area contributed by atoms with Crippen LogP contribution in [-0.4, -0.2) is 37.5 Å². The average Bonchev–Trinajstić information content (AvgIpc) is 2.51. The van der Waals surface area contributed by atoms with Gasteiger partial charge in [-0.3, -0.25) is 4.79 Å². The number of hydrogen-bond donors (Lipinski definition) is 1. The van der Waals surface area contributed by atoms with Crippen molar-refractivity contribution in [3.8, 4) is 0 Å². The molecule has 7 heteroatoms. The second-order valence-electron chi connectivity index (χ2n) is 5.55. The van der Waals surface area contributed by atoms with E-state index >= 15 is 0 Å². The average molecular weight is 345 g/mol. The van der Waals surface area contributed by atoms with Crippen LogP contribution < -0.4 is 5.32 Å². The standard InChI is InChI=1S/C15H21ClN2O3S/c1-3-22(20,21)18-8-4-5-12(10-18)15(19)17-14-9-13(16)7-6-11(14)2/h6-7,9,12H,3-5,8,10H2,1-2H3,(H,17,19)/t12-/m1/s1. The van der Waals surface area contributed by atoms with Crippen LogP contribution in [0.3, 0.4) is 0 Å².